The molecule has 8 heteroatoms. The molecule has 0 atom stereocenters. The number of halogens is 2. The van der Waals surface area contributed by atoms with Crippen molar-refractivity contribution in [1.29, 1.82) is 0 Å². The van der Waals surface area contributed by atoms with Crippen molar-refractivity contribution in [1.82, 2.24) is 4.31 Å². The van der Waals surface area contributed by atoms with Crippen molar-refractivity contribution in [2.45, 2.75) is 18.4 Å². The van der Waals surface area contributed by atoms with E-state index in [9.17, 15) is 12.8 Å². The van der Waals surface area contributed by atoms with Gasteiger partial charge in [-0.2, -0.15) is 4.31 Å². The molecular weight excluding hydrogens is 391 g/mol. The molecule has 0 radical (unpaired) electrons. The van der Waals surface area contributed by atoms with Crippen molar-refractivity contribution < 1.29 is 22.4 Å². The second-order valence-electron chi connectivity index (χ2n) is 6.72. The summed E-state index contributed by atoms with van der Waals surface area (Å²) in [4.78, 5) is 1.32. The molecule has 0 aliphatic carbocycles. The molecule has 1 aliphatic heterocycles. The van der Waals surface area contributed by atoms with Gasteiger partial charge in [-0.15, -0.1) is 0 Å². The first-order chi connectivity index (χ1) is 12.8. The molecule has 146 valence electrons. The first-order valence-electron chi connectivity index (χ1n) is 8.73. The minimum absolute atomic E-state index is 0.0257. The van der Waals surface area contributed by atoms with Crippen LogP contribution in [0.2, 0.25) is 5.02 Å². The lowest BCUT2D eigenvalue weighted by atomic mass is 10.1. The standard InChI is InChI=1S/C19H22ClFN2O3S/c1-14-3-6-19(26-2)15(11-14)13-22-7-9-23(10-8-22)27(24,25)16-4-5-18(21)17(20)12-16/h3-6,11-12H,7-10,13H2,1-2H3/p+1. The van der Waals surface area contributed by atoms with Crippen LogP contribution >= 0.6 is 11.6 Å². The van der Waals surface area contributed by atoms with E-state index in [1.165, 1.54) is 26.9 Å². The number of ether oxygens (including phenoxy) is 1. The molecule has 0 unspecified atom stereocenters. The van der Waals surface area contributed by atoms with Crippen molar-refractivity contribution in [2.75, 3.05) is 33.3 Å². The molecule has 2 aromatic rings. The zero-order valence-electron chi connectivity index (χ0n) is 15.3. The summed E-state index contributed by atoms with van der Waals surface area (Å²) in [5, 5.41) is -0.188. The van der Waals surface area contributed by atoms with Gasteiger partial charge in [0.2, 0.25) is 10.0 Å². The Kier molecular flexibility index (Phi) is 6.05. The number of piperazine rings is 1. The van der Waals surface area contributed by atoms with Gasteiger partial charge in [-0.1, -0.05) is 23.2 Å². The minimum atomic E-state index is -3.67. The van der Waals surface area contributed by atoms with Crippen molar-refractivity contribution in [3.8, 4) is 5.75 Å². The number of nitrogens with zero attached hydrogens (tertiary/aromatic N) is 1. The number of hydrogen-bond acceptors (Lipinski definition) is 3. The second kappa shape index (κ2) is 8.14. The van der Waals surface area contributed by atoms with Gasteiger partial charge in [-0.25, -0.2) is 12.8 Å². The normalized spacial score (nSPS) is 16.4. The van der Waals surface area contributed by atoms with Crippen LogP contribution in [-0.4, -0.2) is 46.0 Å². The van der Waals surface area contributed by atoms with E-state index in [0.717, 1.165) is 23.9 Å². The highest BCUT2D eigenvalue weighted by Gasteiger charge is 2.31. The van der Waals surface area contributed by atoms with Gasteiger partial charge in [-0.05, 0) is 37.3 Å². The van der Waals surface area contributed by atoms with Crippen LogP contribution in [0.3, 0.4) is 0 Å². The summed E-state index contributed by atoms with van der Waals surface area (Å²) in [5.41, 5.74) is 2.29. The van der Waals surface area contributed by atoms with E-state index < -0.39 is 15.8 Å². The molecule has 5 nitrogen and oxygen atoms in total. The fourth-order valence-corrected chi connectivity index (χ4v) is 5.03. The van der Waals surface area contributed by atoms with Gasteiger partial charge in [0.25, 0.3) is 0 Å². The molecule has 1 fully saturated rings. The summed E-state index contributed by atoms with van der Waals surface area (Å²) >= 11 is 5.74. The van der Waals surface area contributed by atoms with Gasteiger partial charge in [0, 0.05) is 5.56 Å². The first kappa shape index (κ1) is 20.1. The molecule has 0 amide bonds. The van der Waals surface area contributed by atoms with Gasteiger partial charge in [0.05, 0.1) is 43.2 Å². The maximum Gasteiger partial charge on any atom is 0.243 e. The Morgan fingerprint density at radius 3 is 2.52 bits per heavy atom. The summed E-state index contributed by atoms with van der Waals surface area (Å²) in [6, 6.07) is 9.59. The maximum absolute atomic E-state index is 13.3. The molecule has 0 saturated carbocycles. The lowest BCUT2D eigenvalue weighted by Crippen LogP contribution is -3.13. The summed E-state index contributed by atoms with van der Waals surface area (Å²) in [6.07, 6.45) is 0. The van der Waals surface area contributed by atoms with Crippen LogP contribution in [0.5, 0.6) is 5.75 Å². The molecule has 1 aliphatic rings. The van der Waals surface area contributed by atoms with Gasteiger partial charge >= 0.3 is 0 Å². The Labute approximate surface area is 164 Å². The van der Waals surface area contributed by atoms with Gasteiger partial charge < -0.3 is 9.64 Å². The SMILES string of the molecule is COc1ccc(C)cc1C[NH+]1CCN(S(=O)(=O)c2ccc(F)c(Cl)c2)CC1. The number of methoxy groups -OCH3 is 1. The number of quaternary nitrogens is 1. The van der Waals surface area contributed by atoms with Crippen molar-refractivity contribution in [3.05, 3.63) is 58.4 Å². The highest BCUT2D eigenvalue weighted by Crippen LogP contribution is 2.22. The Balaban J connectivity index is 1.68. The molecule has 1 saturated heterocycles. The summed E-state index contributed by atoms with van der Waals surface area (Å²) < 4.78 is 45.7. The third-order valence-corrected chi connectivity index (χ3v) is 7.02. The average molecular weight is 414 g/mol. The van der Waals surface area contributed by atoms with E-state index in [1.807, 2.05) is 19.1 Å². The summed E-state index contributed by atoms with van der Waals surface area (Å²) in [6.45, 7) is 5.00. The molecule has 0 spiro atoms. The van der Waals surface area contributed by atoms with Crippen LogP contribution < -0.4 is 9.64 Å². The van der Waals surface area contributed by atoms with Crippen LogP contribution in [0.25, 0.3) is 0 Å². The van der Waals surface area contributed by atoms with Gasteiger partial charge in [0.1, 0.15) is 18.1 Å². The lowest BCUT2D eigenvalue weighted by molar-refractivity contribution is -0.917. The average Bonchev–Trinajstić information content (AvgIpc) is 2.64. The topological polar surface area (TPSA) is 51.1 Å². The number of sulfonamides is 1. The fourth-order valence-electron chi connectivity index (χ4n) is 3.32. The molecule has 0 bridgehead atoms. The minimum Gasteiger partial charge on any atom is -0.496 e. The Morgan fingerprint density at radius 2 is 1.89 bits per heavy atom. The highest BCUT2D eigenvalue weighted by molar-refractivity contribution is 7.89. The maximum atomic E-state index is 13.3. The van der Waals surface area contributed by atoms with Crippen LogP contribution in [0.15, 0.2) is 41.3 Å². The van der Waals surface area contributed by atoms with Crippen molar-refractivity contribution in [2.24, 2.45) is 0 Å². The Bertz CT molecular complexity index is 929. The van der Waals surface area contributed by atoms with E-state index in [2.05, 4.69) is 6.07 Å². The molecule has 1 heterocycles. The van der Waals surface area contributed by atoms with Gasteiger partial charge in [-0.3, -0.25) is 0 Å². The number of rotatable bonds is 5. The smallest absolute Gasteiger partial charge is 0.243 e. The van der Waals surface area contributed by atoms with E-state index in [1.54, 1.807) is 7.11 Å². The van der Waals surface area contributed by atoms with E-state index in [0.29, 0.717) is 26.2 Å². The molecule has 2 aromatic carbocycles. The van der Waals surface area contributed by atoms with E-state index in [4.69, 9.17) is 16.3 Å². The third kappa shape index (κ3) is 4.43. The quantitative estimate of drug-likeness (QED) is 0.814. The predicted molar refractivity (Wildman–Crippen MR) is 102 cm³/mol. The Hall–Kier alpha value is -1.67. The predicted octanol–water partition coefficient (Wildman–Crippen LogP) is 1.89. The molecule has 3 rings (SSSR count). The second-order valence-corrected chi connectivity index (χ2v) is 9.07. The van der Waals surface area contributed by atoms with Crippen LogP contribution in [0, 0.1) is 12.7 Å². The zero-order chi connectivity index (χ0) is 19.6. The van der Waals surface area contributed by atoms with Crippen molar-refractivity contribution >= 4 is 21.6 Å². The molecule has 1 N–H and O–H groups in total. The van der Waals surface area contributed by atoms with Crippen LogP contribution in [0.4, 0.5) is 4.39 Å². The van der Waals surface area contributed by atoms with Gasteiger partial charge in [0.15, 0.2) is 0 Å². The number of hydrogen-bond donors (Lipinski definition) is 1. The zero-order valence-corrected chi connectivity index (χ0v) is 16.9. The molecule has 27 heavy (non-hydrogen) atoms. The lowest BCUT2D eigenvalue weighted by Gasteiger charge is -2.31. The number of nitrogens with one attached hydrogen (secondary N) is 1. The monoisotopic (exact) mass is 413 g/mol. The third-order valence-electron chi connectivity index (χ3n) is 4.83. The van der Waals surface area contributed by atoms with E-state index in [-0.39, 0.29) is 9.92 Å². The number of benzene rings is 2. The summed E-state index contributed by atoms with van der Waals surface area (Å²) in [7, 11) is -2.02. The molecule has 0 aromatic heterocycles. The summed E-state index contributed by atoms with van der Waals surface area (Å²) in [5.74, 6) is 0.223. The fraction of sp³-hybridized carbons (Fsp3) is 0.368. The highest BCUT2D eigenvalue weighted by atomic mass is 35.5. The van der Waals surface area contributed by atoms with Crippen LogP contribution in [-0.2, 0) is 16.6 Å². The van der Waals surface area contributed by atoms with Crippen LogP contribution in [0.1, 0.15) is 11.1 Å². The largest absolute Gasteiger partial charge is 0.496 e. The first-order valence-corrected chi connectivity index (χ1v) is 10.6. The Morgan fingerprint density at radius 1 is 1.19 bits per heavy atom. The number of aryl methyl sites for hydroxylation is 1. The van der Waals surface area contributed by atoms with Crippen molar-refractivity contribution in [3.63, 3.8) is 0 Å². The molecular formula is C19H23ClFN2O3S+. The van der Waals surface area contributed by atoms with E-state index >= 15 is 0 Å².